The average Bonchev–Trinajstić information content (AvgIpc) is 2.48. The number of rotatable bonds is 4. The van der Waals surface area contributed by atoms with Crippen LogP contribution in [-0.2, 0) is 20.6 Å². The number of hydrogen-bond donors (Lipinski definition) is 3. The zero-order valence-electron chi connectivity index (χ0n) is 7.45. The number of nitrogens with two attached hydrogens (primary N) is 2. The van der Waals surface area contributed by atoms with E-state index in [0.717, 1.165) is 11.3 Å². The summed E-state index contributed by atoms with van der Waals surface area (Å²) in [5.41, 5.74) is 5.41. The number of nitrogens with zero attached hydrogens (tertiary/aromatic N) is 1. The number of hydrogen-bond acceptors (Lipinski definition) is 6. The maximum absolute atomic E-state index is 10.7. The number of thiazole rings is 1. The molecule has 0 radical (unpaired) electrons. The van der Waals surface area contributed by atoms with Gasteiger partial charge in [0.05, 0.1) is 5.69 Å². The highest BCUT2D eigenvalue weighted by molar-refractivity contribution is 7.88. The van der Waals surface area contributed by atoms with Crippen molar-refractivity contribution in [2.24, 2.45) is 10.9 Å². The van der Waals surface area contributed by atoms with E-state index in [1.165, 1.54) is 5.38 Å². The van der Waals surface area contributed by atoms with E-state index in [2.05, 4.69) is 4.98 Å². The second kappa shape index (κ2) is 4.23. The Labute approximate surface area is 89.8 Å². The van der Waals surface area contributed by atoms with Crippen LogP contribution in [0.5, 0.6) is 0 Å². The molecule has 84 valence electrons. The zero-order chi connectivity index (χ0) is 11.6. The normalized spacial score (nSPS) is 13.7. The fourth-order valence-electron chi connectivity index (χ4n) is 0.833. The third kappa shape index (κ3) is 3.55. The summed E-state index contributed by atoms with van der Waals surface area (Å²) in [6.45, 7) is 0. The van der Waals surface area contributed by atoms with Crippen LogP contribution < -0.4 is 10.9 Å². The van der Waals surface area contributed by atoms with E-state index < -0.39 is 27.8 Å². The van der Waals surface area contributed by atoms with Crippen molar-refractivity contribution in [1.29, 1.82) is 0 Å². The van der Waals surface area contributed by atoms with E-state index in [0.29, 0.717) is 0 Å². The first-order valence-corrected chi connectivity index (χ1v) is 6.32. The number of sulfonamides is 1. The third-order valence-electron chi connectivity index (χ3n) is 1.48. The van der Waals surface area contributed by atoms with E-state index in [1.807, 2.05) is 0 Å². The summed E-state index contributed by atoms with van der Waals surface area (Å²) in [4.78, 5) is 14.3. The molecule has 15 heavy (non-hydrogen) atoms. The molecule has 0 aliphatic carbocycles. The highest BCUT2D eigenvalue weighted by Gasteiger charge is 2.18. The Kier molecular flexibility index (Phi) is 3.39. The second-order valence-electron chi connectivity index (χ2n) is 2.79. The molecular formula is C6H9N3O4S2. The minimum absolute atomic E-state index is 0.131. The molecule has 1 unspecified atom stereocenters. The highest BCUT2D eigenvalue weighted by Crippen LogP contribution is 2.16. The maximum atomic E-state index is 10.7. The number of aromatic nitrogens is 1. The van der Waals surface area contributed by atoms with Gasteiger partial charge in [0.2, 0.25) is 10.0 Å². The Bertz CT molecular complexity index is 466. The van der Waals surface area contributed by atoms with Crippen molar-refractivity contribution in [2.75, 3.05) is 0 Å². The third-order valence-corrected chi connectivity index (χ3v) is 3.20. The van der Waals surface area contributed by atoms with E-state index in [-0.39, 0.29) is 10.7 Å². The molecule has 0 aromatic carbocycles. The summed E-state index contributed by atoms with van der Waals surface area (Å²) in [5, 5.41) is 15.0. The predicted octanol–water partition coefficient (Wildman–Crippen LogP) is -0.984. The van der Waals surface area contributed by atoms with Gasteiger partial charge in [-0.2, -0.15) is 0 Å². The SMILES string of the molecule is NC(C(=O)O)c1csc(CS(N)(=O)=O)n1. The van der Waals surface area contributed by atoms with Gasteiger partial charge >= 0.3 is 5.97 Å². The summed E-state index contributed by atoms with van der Waals surface area (Å²) >= 11 is 1.01. The Morgan fingerprint density at radius 1 is 1.67 bits per heavy atom. The number of carboxylic acids is 1. The van der Waals surface area contributed by atoms with Crippen molar-refractivity contribution < 1.29 is 18.3 Å². The van der Waals surface area contributed by atoms with Crippen molar-refractivity contribution in [3.8, 4) is 0 Å². The first-order valence-electron chi connectivity index (χ1n) is 3.73. The van der Waals surface area contributed by atoms with Crippen LogP contribution in [-0.4, -0.2) is 24.5 Å². The molecule has 0 bridgehead atoms. The van der Waals surface area contributed by atoms with Crippen LogP contribution in [0, 0.1) is 0 Å². The lowest BCUT2D eigenvalue weighted by atomic mass is 10.2. The first-order chi connectivity index (χ1) is 6.79. The number of carbonyl (C=O) groups is 1. The van der Waals surface area contributed by atoms with Crippen LogP contribution in [0.2, 0.25) is 0 Å². The van der Waals surface area contributed by atoms with Gasteiger partial charge in [0.25, 0.3) is 0 Å². The number of aliphatic carboxylic acids is 1. The Morgan fingerprint density at radius 2 is 2.27 bits per heavy atom. The average molecular weight is 251 g/mol. The monoisotopic (exact) mass is 251 g/mol. The molecule has 0 fully saturated rings. The summed E-state index contributed by atoms with van der Waals surface area (Å²) in [6, 6.07) is -1.24. The number of primary sulfonamides is 1. The number of carboxylic acid groups (broad SMARTS) is 1. The summed E-state index contributed by atoms with van der Waals surface area (Å²) in [7, 11) is -3.65. The van der Waals surface area contributed by atoms with E-state index in [9.17, 15) is 13.2 Å². The van der Waals surface area contributed by atoms with Crippen molar-refractivity contribution in [3.05, 3.63) is 16.1 Å². The molecule has 0 saturated carbocycles. The first kappa shape index (κ1) is 12.0. The van der Waals surface area contributed by atoms with Gasteiger partial charge in [-0.15, -0.1) is 11.3 Å². The van der Waals surface area contributed by atoms with E-state index in [4.69, 9.17) is 16.0 Å². The van der Waals surface area contributed by atoms with Crippen LogP contribution in [0.25, 0.3) is 0 Å². The summed E-state index contributed by atoms with van der Waals surface area (Å²) in [5.74, 6) is -1.63. The van der Waals surface area contributed by atoms with Crippen molar-refractivity contribution >= 4 is 27.3 Å². The molecule has 0 aliphatic heterocycles. The lowest BCUT2D eigenvalue weighted by Gasteiger charge is -2.00. The van der Waals surface area contributed by atoms with Crippen LogP contribution in [0.15, 0.2) is 5.38 Å². The quantitative estimate of drug-likeness (QED) is 0.628. The second-order valence-corrected chi connectivity index (χ2v) is 5.35. The molecule has 1 heterocycles. The molecule has 0 amide bonds. The van der Waals surface area contributed by atoms with Gasteiger partial charge in [-0.1, -0.05) is 0 Å². The Hall–Kier alpha value is -1.03. The fourth-order valence-corrected chi connectivity index (χ4v) is 2.62. The van der Waals surface area contributed by atoms with Crippen molar-refractivity contribution in [3.63, 3.8) is 0 Å². The molecule has 0 spiro atoms. The maximum Gasteiger partial charge on any atom is 0.326 e. The summed E-state index contributed by atoms with van der Waals surface area (Å²) < 4.78 is 21.4. The highest BCUT2D eigenvalue weighted by atomic mass is 32.2. The molecule has 5 N–H and O–H groups in total. The van der Waals surface area contributed by atoms with Gasteiger partial charge in [-0.25, -0.2) is 18.5 Å². The molecule has 0 aliphatic rings. The van der Waals surface area contributed by atoms with Crippen LogP contribution in [0.1, 0.15) is 16.7 Å². The van der Waals surface area contributed by atoms with Gasteiger partial charge in [0, 0.05) is 5.38 Å². The van der Waals surface area contributed by atoms with Gasteiger partial charge in [-0.3, -0.25) is 4.79 Å². The van der Waals surface area contributed by atoms with Gasteiger partial charge in [0.1, 0.15) is 16.8 Å². The minimum atomic E-state index is -3.65. The molecule has 1 aromatic rings. The molecular weight excluding hydrogens is 242 g/mol. The van der Waals surface area contributed by atoms with Gasteiger partial charge in [-0.05, 0) is 0 Å². The van der Waals surface area contributed by atoms with E-state index >= 15 is 0 Å². The van der Waals surface area contributed by atoms with Crippen molar-refractivity contribution in [1.82, 2.24) is 4.98 Å². The van der Waals surface area contributed by atoms with Gasteiger partial charge in [0.15, 0.2) is 0 Å². The van der Waals surface area contributed by atoms with Crippen molar-refractivity contribution in [2.45, 2.75) is 11.8 Å². The van der Waals surface area contributed by atoms with Gasteiger partial charge < -0.3 is 10.8 Å². The van der Waals surface area contributed by atoms with Crippen LogP contribution in [0.3, 0.4) is 0 Å². The smallest absolute Gasteiger partial charge is 0.326 e. The topological polar surface area (TPSA) is 136 Å². The van der Waals surface area contributed by atoms with Crippen LogP contribution in [0.4, 0.5) is 0 Å². The molecule has 7 nitrogen and oxygen atoms in total. The molecule has 9 heteroatoms. The largest absolute Gasteiger partial charge is 0.480 e. The minimum Gasteiger partial charge on any atom is -0.480 e. The standard InChI is InChI=1S/C6H9N3O4S2/c7-5(6(10)11)3-1-14-4(9-3)2-15(8,12)13/h1,5H,2,7H2,(H,10,11)(H2,8,12,13). The Morgan fingerprint density at radius 3 is 2.73 bits per heavy atom. The molecule has 1 aromatic heterocycles. The fraction of sp³-hybridized carbons (Fsp3) is 0.333. The lowest BCUT2D eigenvalue weighted by molar-refractivity contribution is -0.138. The molecule has 0 saturated heterocycles. The lowest BCUT2D eigenvalue weighted by Crippen LogP contribution is -2.21. The Balaban J connectivity index is 2.86. The predicted molar refractivity (Wildman–Crippen MR) is 53.5 cm³/mol. The zero-order valence-corrected chi connectivity index (χ0v) is 9.09. The molecule has 1 atom stereocenters. The molecule has 1 rings (SSSR count). The van der Waals surface area contributed by atoms with E-state index in [1.54, 1.807) is 0 Å². The summed E-state index contributed by atoms with van der Waals surface area (Å²) in [6.07, 6.45) is 0. The van der Waals surface area contributed by atoms with Crippen LogP contribution >= 0.6 is 11.3 Å².